The minimum absolute atomic E-state index is 0.912. The summed E-state index contributed by atoms with van der Waals surface area (Å²) in [6.07, 6.45) is 0. The number of benzene rings is 7. The highest BCUT2D eigenvalue weighted by Gasteiger charge is 2.11. The Bertz CT molecular complexity index is 2340. The summed E-state index contributed by atoms with van der Waals surface area (Å²) in [5.41, 5.74) is 13.0. The highest BCUT2D eigenvalue weighted by molar-refractivity contribution is 6.07. The third-order valence-corrected chi connectivity index (χ3v) is 8.68. The zero-order chi connectivity index (χ0) is 29.0. The van der Waals surface area contributed by atoms with Crippen LogP contribution in [0.4, 0.5) is 0 Å². The van der Waals surface area contributed by atoms with Gasteiger partial charge in [0.2, 0.25) is 0 Å². The van der Waals surface area contributed by atoms with Crippen LogP contribution in [-0.4, -0.2) is 0 Å². The zero-order valence-electron chi connectivity index (χ0n) is 23.8. The number of rotatable bonds is 4. The molecule has 0 saturated heterocycles. The molecule has 2 heterocycles. The fourth-order valence-corrected chi connectivity index (χ4v) is 6.45. The molecule has 0 bridgehead atoms. The molecule has 9 aromatic rings. The molecule has 9 rings (SSSR count). The van der Waals surface area contributed by atoms with Crippen molar-refractivity contribution in [3.63, 3.8) is 0 Å². The van der Waals surface area contributed by atoms with Crippen LogP contribution in [0.25, 0.3) is 88.4 Å². The van der Waals surface area contributed by atoms with Crippen molar-refractivity contribution < 1.29 is 8.83 Å². The molecule has 0 unspecified atom stereocenters. The largest absolute Gasteiger partial charge is 0.456 e. The van der Waals surface area contributed by atoms with Gasteiger partial charge in [0.1, 0.15) is 22.3 Å². The van der Waals surface area contributed by atoms with Crippen molar-refractivity contribution in [3.05, 3.63) is 158 Å². The summed E-state index contributed by atoms with van der Waals surface area (Å²) in [6, 6.07) is 55.7. The molecule has 206 valence electrons. The average Bonchev–Trinajstić information content (AvgIpc) is 3.66. The standard InChI is InChI=1S/C42H26O2/c1-3-16-39-35(14-1)37-20-18-33(25-41(37)43-39)31-12-6-10-29(23-31)27-8-5-9-28(22-27)30-11-7-13-32(24-30)34-19-21-38-36-15-2-4-17-40(36)44-42(38)26-34/h1-26H. The molecule has 2 heteroatoms. The first-order valence-electron chi connectivity index (χ1n) is 14.9. The third kappa shape index (κ3) is 4.11. The monoisotopic (exact) mass is 562 g/mol. The van der Waals surface area contributed by atoms with Crippen LogP contribution in [0.3, 0.4) is 0 Å². The quantitative estimate of drug-likeness (QED) is 0.213. The number of hydrogen-bond donors (Lipinski definition) is 0. The normalized spacial score (nSPS) is 11.6. The van der Waals surface area contributed by atoms with E-state index in [4.69, 9.17) is 8.83 Å². The van der Waals surface area contributed by atoms with Crippen molar-refractivity contribution >= 4 is 43.9 Å². The molecule has 44 heavy (non-hydrogen) atoms. The summed E-state index contributed by atoms with van der Waals surface area (Å²) in [4.78, 5) is 0. The second-order valence-corrected chi connectivity index (χ2v) is 11.4. The van der Waals surface area contributed by atoms with Crippen molar-refractivity contribution in [1.29, 1.82) is 0 Å². The molecular weight excluding hydrogens is 536 g/mol. The molecule has 0 atom stereocenters. The minimum atomic E-state index is 0.912. The van der Waals surface area contributed by atoms with Crippen molar-refractivity contribution in [2.75, 3.05) is 0 Å². The van der Waals surface area contributed by atoms with E-state index in [0.717, 1.165) is 55.0 Å². The smallest absolute Gasteiger partial charge is 0.136 e. The molecule has 0 saturated carbocycles. The second-order valence-electron chi connectivity index (χ2n) is 11.4. The van der Waals surface area contributed by atoms with Crippen molar-refractivity contribution in [3.8, 4) is 44.5 Å². The molecule has 0 fully saturated rings. The van der Waals surface area contributed by atoms with Crippen LogP contribution in [0.15, 0.2) is 167 Å². The van der Waals surface area contributed by atoms with E-state index in [2.05, 4.69) is 133 Å². The van der Waals surface area contributed by atoms with Crippen molar-refractivity contribution in [1.82, 2.24) is 0 Å². The van der Waals surface area contributed by atoms with E-state index >= 15 is 0 Å². The SMILES string of the molecule is c1cc(-c2cccc(-c3ccc4c(c3)oc3ccccc34)c2)cc(-c2cccc(-c3ccc4c(c3)oc3ccccc34)c2)c1. The number of fused-ring (bicyclic) bond motifs is 6. The molecule has 0 radical (unpaired) electrons. The molecule has 2 nitrogen and oxygen atoms in total. The lowest BCUT2D eigenvalue weighted by Crippen LogP contribution is -1.85. The molecule has 0 aliphatic carbocycles. The summed E-state index contributed by atoms with van der Waals surface area (Å²) in [5.74, 6) is 0. The van der Waals surface area contributed by atoms with Crippen LogP contribution in [0.1, 0.15) is 0 Å². The van der Waals surface area contributed by atoms with Crippen LogP contribution < -0.4 is 0 Å². The molecule has 0 N–H and O–H groups in total. The fourth-order valence-electron chi connectivity index (χ4n) is 6.45. The topological polar surface area (TPSA) is 26.3 Å². The zero-order valence-corrected chi connectivity index (χ0v) is 23.8. The van der Waals surface area contributed by atoms with Gasteiger partial charge in [-0.1, -0.05) is 103 Å². The third-order valence-electron chi connectivity index (χ3n) is 8.68. The highest BCUT2D eigenvalue weighted by atomic mass is 16.3. The van der Waals surface area contributed by atoms with Crippen LogP contribution in [0.2, 0.25) is 0 Å². The van der Waals surface area contributed by atoms with Gasteiger partial charge in [-0.3, -0.25) is 0 Å². The van der Waals surface area contributed by atoms with Gasteiger partial charge in [-0.2, -0.15) is 0 Å². The van der Waals surface area contributed by atoms with E-state index in [1.807, 2.05) is 24.3 Å². The lowest BCUT2D eigenvalue weighted by atomic mass is 9.94. The van der Waals surface area contributed by atoms with Gasteiger partial charge < -0.3 is 8.83 Å². The van der Waals surface area contributed by atoms with E-state index in [1.165, 1.54) is 33.4 Å². The Labute approximate surface area is 254 Å². The van der Waals surface area contributed by atoms with E-state index < -0.39 is 0 Å². The Balaban J connectivity index is 1.05. The molecule has 0 aliphatic heterocycles. The first-order chi connectivity index (χ1) is 21.8. The maximum absolute atomic E-state index is 6.17. The summed E-state index contributed by atoms with van der Waals surface area (Å²) in [7, 11) is 0. The highest BCUT2D eigenvalue weighted by Crippen LogP contribution is 2.36. The lowest BCUT2D eigenvalue weighted by Gasteiger charge is -2.10. The first-order valence-corrected chi connectivity index (χ1v) is 14.9. The summed E-state index contributed by atoms with van der Waals surface area (Å²) >= 11 is 0. The number of para-hydroxylation sites is 2. The first kappa shape index (κ1) is 24.7. The summed E-state index contributed by atoms with van der Waals surface area (Å²) in [5, 5.41) is 4.60. The summed E-state index contributed by atoms with van der Waals surface area (Å²) < 4.78 is 12.3. The molecule has 2 aromatic heterocycles. The maximum Gasteiger partial charge on any atom is 0.136 e. The van der Waals surface area contributed by atoms with Gasteiger partial charge in [0, 0.05) is 21.5 Å². The van der Waals surface area contributed by atoms with Crippen LogP contribution >= 0.6 is 0 Å². The van der Waals surface area contributed by atoms with Gasteiger partial charge in [0.05, 0.1) is 0 Å². The average molecular weight is 563 g/mol. The summed E-state index contributed by atoms with van der Waals surface area (Å²) in [6.45, 7) is 0. The minimum Gasteiger partial charge on any atom is -0.456 e. The fraction of sp³-hybridized carbons (Fsp3) is 0. The molecule has 7 aromatic carbocycles. The van der Waals surface area contributed by atoms with Gasteiger partial charge in [-0.15, -0.1) is 0 Å². The Morgan fingerprint density at radius 2 is 0.545 bits per heavy atom. The Morgan fingerprint density at radius 3 is 0.932 bits per heavy atom. The second kappa shape index (κ2) is 9.86. The van der Waals surface area contributed by atoms with Crippen LogP contribution in [0, 0.1) is 0 Å². The van der Waals surface area contributed by atoms with Gasteiger partial charge in [-0.25, -0.2) is 0 Å². The van der Waals surface area contributed by atoms with E-state index in [1.54, 1.807) is 0 Å². The predicted molar refractivity (Wildman–Crippen MR) is 183 cm³/mol. The van der Waals surface area contributed by atoms with Crippen LogP contribution in [-0.2, 0) is 0 Å². The van der Waals surface area contributed by atoms with E-state index in [0.29, 0.717) is 0 Å². The van der Waals surface area contributed by atoms with Crippen molar-refractivity contribution in [2.24, 2.45) is 0 Å². The lowest BCUT2D eigenvalue weighted by molar-refractivity contribution is 0.668. The van der Waals surface area contributed by atoms with E-state index in [-0.39, 0.29) is 0 Å². The Kier molecular flexibility index (Phi) is 5.54. The van der Waals surface area contributed by atoms with Gasteiger partial charge in [0.15, 0.2) is 0 Å². The maximum atomic E-state index is 6.17. The number of hydrogen-bond acceptors (Lipinski definition) is 2. The van der Waals surface area contributed by atoms with Crippen LogP contribution in [0.5, 0.6) is 0 Å². The Hall–Kier alpha value is -5.86. The molecular formula is C42H26O2. The number of furan rings is 2. The van der Waals surface area contributed by atoms with Gasteiger partial charge in [-0.05, 0) is 99.1 Å². The van der Waals surface area contributed by atoms with Gasteiger partial charge >= 0.3 is 0 Å². The molecule has 0 spiro atoms. The predicted octanol–water partition coefficient (Wildman–Crippen LogP) is 12.2. The Morgan fingerprint density at radius 1 is 0.227 bits per heavy atom. The van der Waals surface area contributed by atoms with Crippen molar-refractivity contribution in [2.45, 2.75) is 0 Å². The van der Waals surface area contributed by atoms with E-state index in [9.17, 15) is 0 Å². The molecule has 0 amide bonds. The molecule has 0 aliphatic rings. The van der Waals surface area contributed by atoms with Gasteiger partial charge in [0.25, 0.3) is 0 Å².